The normalized spacial score (nSPS) is 9.40. The van der Waals surface area contributed by atoms with Crippen molar-refractivity contribution in [3.05, 3.63) is 34.6 Å². The maximum Gasteiger partial charge on any atom is 0.252 e. The van der Waals surface area contributed by atoms with Crippen LogP contribution in [0.2, 0.25) is 5.02 Å². The summed E-state index contributed by atoms with van der Waals surface area (Å²) in [6, 6.07) is 5.88. The zero-order valence-corrected chi connectivity index (χ0v) is 8.51. The van der Waals surface area contributed by atoms with Crippen LogP contribution in [0, 0.1) is 17.1 Å². The molecule has 1 amide bonds. The van der Waals surface area contributed by atoms with Crippen LogP contribution >= 0.6 is 11.6 Å². The summed E-state index contributed by atoms with van der Waals surface area (Å²) in [4.78, 5) is 11.4. The third kappa shape index (κ3) is 2.93. The van der Waals surface area contributed by atoms with Gasteiger partial charge in [-0.1, -0.05) is 17.7 Å². The topological polar surface area (TPSA) is 52.9 Å². The summed E-state index contributed by atoms with van der Waals surface area (Å²) in [6.45, 7) is 0.224. The highest BCUT2D eigenvalue weighted by Gasteiger charge is 2.12. The molecule has 0 saturated carbocycles. The highest BCUT2D eigenvalue weighted by Crippen LogP contribution is 2.19. The van der Waals surface area contributed by atoms with Crippen molar-refractivity contribution >= 4 is 17.5 Å². The number of halogens is 2. The van der Waals surface area contributed by atoms with Crippen LogP contribution in [0.15, 0.2) is 18.2 Å². The van der Waals surface area contributed by atoms with E-state index in [1.54, 1.807) is 0 Å². The molecule has 0 spiro atoms. The SMILES string of the molecule is N#CCCNC(=O)c1cccc(F)c1Cl. The molecule has 0 aliphatic heterocycles. The smallest absolute Gasteiger partial charge is 0.252 e. The van der Waals surface area contributed by atoms with Gasteiger partial charge in [-0.3, -0.25) is 4.79 Å². The maximum absolute atomic E-state index is 13.0. The Morgan fingerprint density at radius 3 is 3.00 bits per heavy atom. The van der Waals surface area contributed by atoms with Crippen molar-refractivity contribution in [1.29, 1.82) is 5.26 Å². The Balaban J connectivity index is 2.75. The predicted octanol–water partition coefficient (Wildman–Crippen LogP) is 2.12. The number of hydrogen-bond acceptors (Lipinski definition) is 2. The third-order valence-electron chi connectivity index (χ3n) is 1.72. The lowest BCUT2D eigenvalue weighted by molar-refractivity contribution is 0.0954. The van der Waals surface area contributed by atoms with Gasteiger partial charge in [0.2, 0.25) is 0 Å². The van der Waals surface area contributed by atoms with Crippen LogP contribution in [-0.2, 0) is 0 Å². The fourth-order valence-electron chi connectivity index (χ4n) is 1.01. The Hall–Kier alpha value is -1.60. The zero-order valence-electron chi connectivity index (χ0n) is 7.76. The molecule has 1 aromatic carbocycles. The summed E-state index contributed by atoms with van der Waals surface area (Å²) in [5.74, 6) is -1.11. The van der Waals surface area contributed by atoms with Crippen molar-refractivity contribution in [3.63, 3.8) is 0 Å². The minimum Gasteiger partial charge on any atom is -0.351 e. The van der Waals surface area contributed by atoms with E-state index in [4.69, 9.17) is 16.9 Å². The fourth-order valence-corrected chi connectivity index (χ4v) is 1.22. The molecule has 15 heavy (non-hydrogen) atoms. The molecular weight excluding hydrogens is 219 g/mol. The molecule has 1 N–H and O–H groups in total. The Labute approximate surface area is 91.5 Å². The average molecular weight is 227 g/mol. The van der Waals surface area contributed by atoms with Crippen molar-refractivity contribution in [2.24, 2.45) is 0 Å². The molecule has 0 saturated heterocycles. The second kappa shape index (κ2) is 5.32. The van der Waals surface area contributed by atoms with Crippen molar-refractivity contribution in [1.82, 2.24) is 5.32 Å². The van der Waals surface area contributed by atoms with Crippen LogP contribution in [0.5, 0.6) is 0 Å². The lowest BCUT2D eigenvalue weighted by atomic mass is 10.2. The monoisotopic (exact) mass is 226 g/mol. The zero-order chi connectivity index (χ0) is 11.3. The number of rotatable bonds is 3. The van der Waals surface area contributed by atoms with Crippen LogP contribution < -0.4 is 5.32 Å². The first-order valence-electron chi connectivity index (χ1n) is 4.26. The Morgan fingerprint density at radius 1 is 1.60 bits per heavy atom. The van der Waals surface area contributed by atoms with E-state index in [1.807, 2.05) is 6.07 Å². The first kappa shape index (κ1) is 11.5. The van der Waals surface area contributed by atoms with Gasteiger partial charge in [0.25, 0.3) is 5.91 Å². The summed E-state index contributed by atoms with van der Waals surface area (Å²) in [5.41, 5.74) is 0.0783. The summed E-state index contributed by atoms with van der Waals surface area (Å²) in [5, 5.41) is 10.5. The van der Waals surface area contributed by atoms with E-state index in [0.717, 1.165) is 0 Å². The van der Waals surface area contributed by atoms with Crippen LogP contribution in [0.3, 0.4) is 0 Å². The molecule has 0 aliphatic rings. The second-order valence-corrected chi connectivity index (χ2v) is 3.14. The van der Waals surface area contributed by atoms with Crippen LogP contribution in [0.4, 0.5) is 4.39 Å². The van der Waals surface area contributed by atoms with E-state index < -0.39 is 11.7 Å². The average Bonchev–Trinajstić information content (AvgIpc) is 2.22. The number of hydrogen-bond donors (Lipinski definition) is 1. The van der Waals surface area contributed by atoms with E-state index in [9.17, 15) is 9.18 Å². The molecule has 78 valence electrons. The largest absolute Gasteiger partial charge is 0.351 e. The molecule has 0 bridgehead atoms. The van der Waals surface area contributed by atoms with Gasteiger partial charge >= 0.3 is 0 Å². The molecule has 0 fully saturated rings. The van der Waals surface area contributed by atoms with Crippen LogP contribution in [-0.4, -0.2) is 12.5 Å². The van der Waals surface area contributed by atoms with Gasteiger partial charge < -0.3 is 5.32 Å². The number of carbonyl (C=O) groups excluding carboxylic acids is 1. The molecule has 1 rings (SSSR count). The van der Waals surface area contributed by atoms with Crippen molar-refractivity contribution in [3.8, 4) is 6.07 Å². The number of benzene rings is 1. The van der Waals surface area contributed by atoms with Crippen molar-refractivity contribution in [2.45, 2.75) is 6.42 Å². The number of amides is 1. The molecule has 0 aromatic heterocycles. The lowest BCUT2D eigenvalue weighted by Gasteiger charge is -2.04. The molecule has 0 aliphatic carbocycles. The van der Waals surface area contributed by atoms with Crippen LogP contribution in [0.1, 0.15) is 16.8 Å². The molecule has 3 nitrogen and oxygen atoms in total. The molecule has 1 aromatic rings. The number of carbonyl (C=O) groups is 1. The van der Waals surface area contributed by atoms with Gasteiger partial charge in [-0.2, -0.15) is 5.26 Å². The van der Waals surface area contributed by atoms with E-state index in [0.29, 0.717) is 0 Å². The summed E-state index contributed by atoms with van der Waals surface area (Å²) < 4.78 is 13.0. The second-order valence-electron chi connectivity index (χ2n) is 2.77. The van der Waals surface area contributed by atoms with Gasteiger partial charge in [0, 0.05) is 6.54 Å². The highest BCUT2D eigenvalue weighted by atomic mass is 35.5. The Kier molecular flexibility index (Phi) is 4.07. The minimum atomic E-state index is -0.635. The van der Waals surface area contributed by atoms with E-state index in [1.165, 1.54) is 18.2 Å². The summed E-state index contributed by atoms with van der Waals surface area (Å²) >= 11 is 5.60. The van der Waals surface area contributed by atoms with E-state index in [-0.39, 0.29) is 23.6 Å². The van der Waals surface area contributed by atoms with Gasteiger partial charge in [0.1, 0.15) is 5.82 Å². The Morgan fingerprint density at radius 2 is 2.33 bits per heavy atom. The number of nitrogens with one attached hydrogen (secondary N) is 1. The molecule has 0 atom stereocenters. The number of nitriles is 1. The first-order chi connectivity index (χ1) is 7.16. The molecule has 0 radical (unpaired) electrons. The maximum atomic E-state index is 13.0. The lowest BCUT2D eigenvalue weighted by Crippen LogP contribution is -2.24. The Bertz CT molecular complexity index is 414. The van der Waals surface area contributed by atoms with Crippen molar-refractivity contribution in [2.75, 3.05) is 6.54 Å². The van der Waals surface area contributed by atoms with Gasteiger partial charge in [0.15, 0.2) is 0 Å². The van der Waals surface area contributed by atoms with Gasteiger partial charge in [0.05, 0.1) is 23.1 Å². The van der Waals surface area contributed by atoms with Gasteiger partial charge in [-0.05, 0) is 12.1 Å². The molecule has 5 heteroatoms. The van der Waals surface area contributed by atoms with E-state index >= 15 is 0 Å². The quantitative estimate of drug-likeness (QED) is 0.803. The van der Waals surface area contributed by atoms with Gasteiger partial charge in [-0.25, -0.2) is 4.39 Å². The standard InChI is InChI=1S/C10H8ClFN2O/c11-9-7(3-1-4-8(9)12)10(15)14-6-2-5-13/h1,3-4H,2,6H2,(H,14,15). The number of nitrogens with zero attached hydrogens (tertiary/aromatic N) is 1. The van der Waals surface area contributed by atoms with E-state index in [2.05, 4.69) is 5.32 Å². The highest BCUT2D eigenvalue weighted by molar-refractivity contribution is 6.34. The van der Waals surface area contributed by atoms with Crippen molar-refractivity contribution < 1.29 is 9.18 Å². The predicted molar refractivity (Wildman–Crippen MR) is 54.0 cm³/mol. The molecule has 0 heterocycles. The molecular formula is C10H8ClFN2O. The summed E-state index contributed by atoms with van der Waals surface area (Å²) in [6.07, 6.45) is 0.207. The van der Waals surface area contributed by atoms with Crippen LogP contribution in [0.25, 0.3) is 0 Å². The summed E-state index contributed by atoms with van der Waals surface area (Å²) in [7, 11) is 0. The van der Waals surface area contributed by atoms with Gasteiger partial charge in [-0.15, -0.1) is 0 Å². The third-order valence-corrected chi connectivity index (χ3v) is 2.10. The first-order valence-corrected chi connectivity index (χ1v) is 4.63. The molecule has 0 unspecified atom stereocenters. The fraction of sp³-hybridized carbons (Fsp3) is 0.200. The minimum absolute atomic E-state index is 0.0783.